The van der Waals surface area contributed by atoms with Crippen LogP contribution in [0, 0.1) is 13.8 Å². The van der Waals surface area contributed by atoms with Crippen molar-refractivity contribution in [3.63, 3.8) is 0 Å². The molecule has 1 aromatic heterocycles. The van der Waals surface area contributed by atoms with E-state index >= 15 is 0 Å². The second-order valence-electron chi connectivity index (χ2n) is 4.93. The summed E-state index contributed by atoms with van der Waals surface area (Å²) in [6.07, 6.45) is 1.53. The Morgan fingerprint density at radius 1 is 1.38 bits per heavy atom. The van der Waals surface area contributed by atoms with Crippen LogP contribution in [0.15, 0.2) is 28.9 Å². The van der Waals surface area contributed by atoms with Crippen molar-refractivity contribution in [3.05, 3.63) is 56.3 Å². The van der Waals surface area contributed by atoms with E-state index in [-0.39, 0.29) is 0 Å². The van der Waals surface area contributed by atoms with E-state index in [0.717, 1.165) is 32.6 Å². The van der Waals surface area contributed by atoms with E-state index < -0.39 is 6.10 Å². The lowest BCUT2D eigenvalue weighted by Gasteiger charge is -2.16. The summed E-state index contributed by atoms with van der Waals surface area (Å²) in [5.74, 6) is 0.822. The molecule has 0 radical (unpaired) electrons. The van der Waals surface area contributed by atoms with Gasteiger partial charge in [0.2, 0.25) is 0 Å². The van der Waals surface area contributed by atoms with Gasteiger partial charge in [-0.15, -0.1) is 0 Å². The third-order valence-electron chi connectivity index (χ3n) is 3.46. The van der Waals surface area contributed by atoms with Gasteiger partial charge in [-0.2, -0.15) is 0 Å². The summed E-state index contributed by atoms with van der Waals surface area (Å²) >= 11 is 9.35. The Hall–Kier alpha value is -1.10. The Morgan fingerprint density at radius 3 is 2.71 bits per heavy atom. The Balaban J connectivity index is 2.29. The van der Waals surface area contributed by atoms with Crippen molar-refractivity contribution in [1.82, 2.24) is 4.98 Å². The van der Waals surface area contributed by atoms with E-state index in [1.165, 1.54) is 0 Å². The lowest BCUT2D eigenvalue weighted by molar-refractivity contribution is 0.176. The van der Waals surface area contributed by atoms with Crippen LogP contribution in [0.4, 0.5) is 0 Å². The number of aliphatic hydroxyl groups is 1. The van der Waals surface area contributed by atoms with E-state index in [1.54, 1.807) is 25.4 Å². The number of aromatic nitrogens is 1. The normalized spacial score (nSPS) is 12.3. The Bertz CT molecular complexity index is 661. The molecule has 1 unspecified atom stereocenters. The molecule has 5 heteroatoms. The van der Waals surface area contributed by atoms with Crippen molar-refractivity contribution in [2.45, 2.75) is 26.4 Å². The predicted molar refractivity (Wildman–Crippen MR) is 88.1 cm³/mol. The molecule has 1 atom stereocenters. The zero-order chi connectivity index (χ0) is 15.6. The van der Waals surface area contributed by atoms with Crippen molar-refractivity contribution in [3.8, 4) is 5.75 Å². The second-order valence-corrected chi connectivity index (χ2v) is 6.22. The smallest absolute Gasteiger partial charge is 0.128 e. The van der Waals surface area contributed by atoms with Crippen molar-refractivity contribution >= 4 is 27.5 Å². The van der Waals surface area contributed by atoms with Crippen LogP contribution in [0.5, 0.6) is 5.75 Å². The Kier molecular flexibility index (Phi) is 5.25. The Labute approximate surface area is 138 Å². The van der Waals surface area contributed by atoms with Gasteiger partial charge < -0.3 is 9.84 Å². The van der Waals surface area contributed by atoms with E-state index in [1.807, 2.05) is 19.9 Å². The largest absolute Gasteiger partial charge is 0.496 e. The summed E-state index contributed by atoms with van der Waals surface area (Å²) in [6.45, 7) is 3.91. The first-order chi connectivity index (χ1) is 9.93. The van der Waals surface area contributed by atoms with Gasteiger partial charge in [0, 0.05) is 38.9 Å². The lowest BCUT2D eigenvalue weighted by Crippen LogP contribution is -2.07. The number of benzene rings is 1. The third kappa shape index (κ3) is 3.57. The van der Waals surface area contributed by atoms with E-state index in [2.05, 4.69) is 20.9 Å². The first-order valence-corrected chi connectivity index (χ1v) is 7.73. The van der Waals surface area contributed by atoms with Gasteiger partial charge in [-0.3, -0.25) is 4.98 Å². The van der Waals surface area contributed by atoms with E-state index in [0.29, 0.717) is 11.4 Å². The molecule has 3 nitrogen and oxygen atoms in total. The molecule has 0 aliphatic heterocycles. The standard InChI is InChI=1S/C16H17BrClNO2/c1-9-8-19-14(10(2)16(9)21-3)7-15(20)12-5-4-11(18)6-13(12)17/h4-6,8,15,20H,7H2,1-3H3. The number of nitrogens with zero attached hydrogens (tertiary/aromatic N) is 1. The first kappa shape index (κ1) is 16.3. The fourth-order valence-corrected chi connectivity index (χ4v) is 3.29. The zero-order valence-electron chi connectivity index (χ0n) is 12.2. The fraction of sp³-hybridized carbons (Fsp3) is 0.312. The summed E-state index contributed by atoms with van der Waals surface area (Å²) in [4.78, 5) is 4.42. The molecule has 2 rings (SSSR count). The SMILES string of the molecule is COc1c(C)cnc(CC(O)c2ccc(Cl)cc2Br)c1C. The molecule has 1 aromatic carbocycles. The number of ether oxygens (including phenoxy) is 1. The lowest BCUT2D eigenvalue weighted by atomic mass is 10.0. The molecule has 2 aromatic rings. The highest BCUT2D eigenvalue weighted by atomic mass is 79.9. The maximum Gasteiger partial charge on any atom is 0.128 e. The maximum atomic E-state index is 10.4. The van der Waals surface area contributed by atoms with Crippen molar-refractivity contribution in [2.75, 3.05) is 7.11 Å². The minimum atomic E-state index is -0.657. The summed E-state index contributed by atoms with van der Waals surface area (Å²) in [5.41, 5.74) is 3.56. The quantitative estimate of drug-likeness (QED) is 0.867. The molecule has 0 saturated carbocycles. The van der Waals surface area contributed by atoms with Gasteiger partial charge >= 0.3 is 0 Å². The summed E-state index contributed by atoms with van der Waals surface area (Å²) in [7, 11) is 1.64. The van der Waals surface area contributed by atoms with Crippen LogP contribution >= 0.6 is 27.5 Å². The predicted octanol–water partition coefficient (Wildman–Crippen LogP) is 4.40. The molecule has 0 spiro atoms. The molecule has 0 fully saturated rings. The highest BCUT2D eigenvalue weighted by Crippen LogP contribution is 2.31. The Morgan fingerprint density at radius 2 is 2.10 bits per heavy atom. The van der Waals surface area contributed by atoms with Crippen LogP contribution in [0.3, 0.4) is 0 Å². The monoisotopic (exact) mass is 369 g/mol. The average Bonchev–Trinajstić information content (AvgIpc) is 2.42. The maximum absolute atomic E-state index is 10.4. The van der Waals surface area contributed by atoms with Crippen LogP contribution in [0.2, 0.25) is 5.02 Å². The number of pyridine rings is 1. The summed E-state index contributed by atoms with van der Waals surface area (Å²) in [5, 5.41) is 11.1. The summed E-state index contributed by atoms with van der Waals surface area (Å²) in [6, 6.07) is 5.36. The van der Waals surface area contributed by atoms with Gasteiger partial charge in [0.1, 0.15) is 5.75 Å². The molecule has 0 bridgehead atoms. The molecule has 1 heterocycles. The van der Waals surface area contributed by atoms with Gasteiger partial charge in [0.15, 0.2) is 0 Å². The van der Waals surface area contributed by atoms with Gasteiger partial charge in [-0.25, -0.2) is 0 Å². The topological polar surface area (TPSA) is 42.4 Å². The van der Waals surface area contributed by atoms with Crippen molar-refractivity contribution in [2.24, 2.45) is 0 Å². The molecule has 1 N–H and O–H groups in total. The van der Waals surface area contributed by atoms with Gasteiger partial charge in [-0.05, 0) is 31.5 Å². The van der Waals surface area contributed by atoms with E-state index in [4.69, 9.17) is 16.3 Å². The number of aryl methyl sites for hydroxylation is 1. The fourth-order valence-electron chi connectivity index (χ4n) is 2.34. The van der Waals surface area contributed by atoms with Crippen LogP contribution in [-0.4, -0.2) is 17.2 Å². The highest BCUT2D eigenvalue weighted by Gasteiger charge is 2.17. The molecule has 0 saturated heterocycles. The molecule has 21 heavy (non-hydrogen) atoms. The molecular formula is C16H17BrClNO2. The number of hydrogen-bond acceptors (Lipinski definition) is 3. The van der Waals surface area contributed by atoms with Crippen LogP contribution < -0.4 is 4.74 Å². The number of hydrogen-bond donors (Lipinski definition) is 1. The van der Waals surface area contributed by atoms with Gasteiger partial charge in [0.25, 0.3) is 0 Å². The number of halogens is 2. The average molecular weight is 371 g/mol. The van der Waals surface area contributed by atoms with Gasteiger partial charge in [-0.1, -0.05) is 33.6 Å². The van der Waals surface area contributed by atoms with Gasteiger partial charge in [0.05, 0.1) is 13.2 Å². The first-order valence-electron chi connectivity index (χ1n) is 6.56. The molecule has 0 amide bonds. The summed E-state index contributed by atoms with van der Waals surface area (Å²) < 4.78 is 6.19. The highest BCUT2D eigenvalue weighted by molar-refractivity contribution is 9.10. The third-order valence-corrected chi connectivity index (χ3v) is 4.38. The molecule has 112 valence electrons. The second kappa shape index (κ2) is 6.77. The van der Waals surface area contributed by atoms with E-state index in [9.17, 15) is 5.11 Å². The van der Waals surface area contributed by atoms with Crippen molar-refractivity contribution < 1.29 is 9.84 Å². The van der Waals surface area contributed by atoms with Crippen LogP contribution in [0.25, 0.3) is 0 Å². The molecule has 0 aliphatic rings. The minimum Gasteiger partial charge on any atom is -0.496 e. The number of aliphatic hydroxyl groups excluding tert-OH is 1. The van der Waals surface area contributed by atoms with Crippen molar-refractivity contribution in [1.29, 1.82) is 0 Å². The van der Waals surface area contributed by atoms with Crippen LogP contribution in [-0.2, 0) is 6.42 Å². The minimum absolute atomic E-state index is 0.419. The molecular weight excluding hydrogens is 354 g/mol. The number of methoxy groups -OCH3 is 1. The zero-order valence-corrected chi connectivity index (χ0v) is 14.5. The number of rotatable bonds is 4. The molecule has 0 aliphatic carbocycles. The van der Waals surface area contributed by atoms with Crippen LogP contribution in [0.1, 0.15) is 28.5 Å².